The SMILES string of the molecule is Cc1ccc(Cl)cc1NC(=O)C(=O)N1CCN(C=O)CC1. The minimum Gasteiger partial charge on any atom is -0.342 e. The molecule has 1 aliphatic rings. The fourth-order valence-electron chi connectivity index (χ4n) is 2.08. The van der Waals surface area contributed by atoms with Crippen LogP contribution < -0.4 is 5.32 Å². The van der Waals surface area contributed by atoms with Gasteiger partial charge in [0.05, 0.1) is 0 Å². The molecule has 0 aliphatic carbocycles. The lowest BCUT2D eigenvalue weighted by atomic mass is 10.2. The van der Waals surface area contributed by atoms with Crippen LogP contribution in [0.5, 0.6) is 0 Å². The van der Waals surface area contributed by atoms with E-state index in [4.69, 9.17) is 11.6 Å². The summed E-state index contributed by atoms with van der Waals surface area (Å²) >= 11 is 5.88. The molecule has 1 aromatic carbocycles. The van der Waals surface area contributed by atoms with E-state index < -0.39 is 11.8 Å². The highest BCUT2D eigenvalue weighted by molar-refractivity contribution is 6.39. The Morgan fingerprint density at radius 2 is 1.90 bits per heavy atom. The maximum absolute atomic E-state index is 12.1. The van der Waals surface area contributed by atoms with Gasteiger partial charge in [-0.1, -0.05) is 17.7 Å². The topological polar surface area (TPSA) is 69.7 Å². The summed E-state index contributed by atoms with van der Waals surface area (Å²) in [5.41, 5.74) is 1.35. The minimum atomic E-state index is -0.695. The van der Waals surface area contributed by atoms with Crippen molar-refractivity contribution < 1.29 is 14.4 Å². The number of nitrogens with one attached hydrogen (secondary N) is 1. The molecular weight excluding hydrogens is 294 g/mol. The zero-order valence-corrected chi connectivity index (χ0v) is 12.4. The number of hydrogen-bond acceptors (Lipinski definition) is 3. The standard InChI is InChI=1S/C14H16ClN3O3/c1-10-2-3-11(15)8-12(10)16-13(20)14(21)18-6-4-17(9-19)5-7-18/h2-3,8-9H,4-7H2,1H3,(H,16,20). The highest BCUT2D eigenvalue weighted by Crippen LogP contribution is 2.20. The first-order chi connectivity index (χ1) is 10.0. The van der Waals surface area contributed by atoms with E-state index in [1.54, 1.807) is 23.1 Å². The molecule has 1 fully saturated rings. The molecule has 1 aromatic rings. The number of benzene rings is 1. The molecule has 1 N–H and O–H groups in total. The third-order valence-corrected chi connectivity index (χ3v) is 3.63. The molecule has 1 aliphatic heterocycles. The summed E-state index contributed by atoms with van der Waals surface area (Å²) in [4.78, 5) is 37.7. The van der Waals surface area contributed by atoms with Crippen molar-refractivity contribution in [3.05, 3.63) is 28.8 Å². The van der Waals surface area contributed by atoms with Crippen molar-refractivity contribution in [1.82, 2.24) is 9.80 Å². The average molecular weight is 310 g/mol. The van der Waals surface area contributed by atoms with Crippen LogP contribution >= 0.6 is 11.6 Å². The lowest BCUT2D eigenvalue weighted by Gasteiger charge is -2.32. The molecule has 0 bridgehead atoms. The molecule has 21 heavy (non-hydrogen) atoms. The monoisotopic (exact) mass is 309 g/mol. The minimum absolute atomic E-state index is 0.361. The Morgan fingerprint density at radius 3 is 2.52 bits per heavy atom. The molecule has 1 heterocycles. The van der Waals surface area contributed by atoms with Crippen molar-refractivity contribution in [2.24, 2.45) is 0 Å². The predicted octanol–water partition coefficient (Wildman–Crippen LogP) is 0.888. The third kappa shape index (κ3) is 3.72. The van der Waals surface area contributed by atoms with Crippen LogP contribution in [-0.2, 0) is 14.4 Å². The lowest BCUT2D eigenvalue weighted by Crippen LogP contribution is -2.51. The number of nitrogens with zero attached hydrogens (tertiary/aromatic N) is 2. The molecule has 0 aromatic heterocycles. The van der Waals surface area contributed by atoms with Crippen molar-refractivity contribution in [2.45, 2.75) is 6.92 Å². The maximum atomic E-state index is 12.1. The van der Waals surface area contributed by atoms with Crippen LogP contribution in [0.3, 0.4) is 0 Å². The summed E-state index contributed by atoms with van der Waals surface area (Å²) in [6.07, 6.45) is 0.747. The summed E-state index contributed by atoms with van der Waals surface area (Å²) < 4.78 is 0. The second-order valence-electron chi connectivity index (χ2n) is 4.85. The number of halogens is 1. The van der Waals surface area contributed by atoms with Crippen molar-refractivity contribution in [2.75, 3.05) is 31.5 Å². The molecule has 0 unspecified atom stereocenters. The smallest absolute Gasteiger partial charge is 0.313 e. The van der Waals surface area contributed by atoms with Gasteiger partial charge in [0.1, 0.15) is 0 Å². The third-order valence-electron chi connectivity index (χ3n) is 3.39. The van der Waals surface area contributed by atoms with E-state index in [0.29, 0.717) is 36.9 Å². The number of carbonyl (C=O) groups excluding carboxylic acids is 3. The van der Waals surface area contributed by atoms with Gasteiger partial charge in [0, 0.05) is 36.9 Å². The van der Waals surface area contributed by atoms with E-state index in [-0.39, 0.29) is 0 Å². The van der Waals surface area contributed by atoms with Gasteiger partial charge in [0.2, 0.25) is 6.41 Å². The van der Waals surface area contributed by atoms with E-state index in [0.717, 1.165) is 12.0 Å². The van der Waals surface area contributed by atoms with E-state index in [1.807, 2.05) is 6.92 Å². The van der Waals surface area contributed by atoms with Gasteiger partial charge in [-0.25, -0.2) is 0 Å². The fourth-order valence-corrected chi connectivity index (χ4v) is 2.25. The van der Waals surface area contributed by atoms with Gasteiger partial charge in [-0.05, 0) is 24.6 Å². The highest BCUT2D eigenvalue weighted by atomic mass is 35.5. The number of hydrogen-bond donors (Lipinski definition) is 1. The highest BCUT2D eigenvalue weighted by Gasteiger charge is 2.25. The molecule has 1 saturated heterocycles. The molecule has 0 atom stereocenters. The van der Waals surface area contributed by atoms with Gasteiger partial charge in [0.25, 0.3) is 0 Å². The van der Waals surface area contributed by atoms with Crippen LogP contribution in [0.1, 0.15) is 5.56 Å². The summed E-state index contributed by atoms with van der Waals surface area (Å²) in [5, 5.41) is 3.06. The van der Waals surface area contributed by atoms with Crippen molar-refractivity contribution in [3.63, 3.8) is 0 Å². The Hall–Kier alpha value is -2.08. The van der Waals surface area contributed by atoms with Gasteiger partial charge < -0.3 is 15.1 Å². The maximum Gasteiger partial charge on any atom is 0.313 e. The molecule has 6 nitrogen and oxygen atoms in total. The first-order valence-corrected chi connectivity index (χ1v) is 6.95. The Morgan fingerprint density at radius 1 is 1.24 bits per heavy atom. The fraction of sp³-hybridized carbons (Fsp3) is 0.357. The van der Waals surface area contributed by atoms with Crippen LogP contribution in [0.4, 0.5) is 5.69 Å². The zero-order valence-electron chi connectivity index (χ0n) is 11.6. The summed E-state index contributed by atoms with van der Waals surface area (Å²) in [5.74, 6) is -1.29. The first kappa shape index (κ1) is 15.3. The molecule has 0 saturated carbocycles. The Kier molecular flexibility index (Phi) is 4.80. The van der Waals surface area contributed by atoms with E-state index >= 15 is 0 Å². The van der Waals surface area contributed by atoms with E-state index in [1.165, 1.54) is 4.90 Å². The zero-order chi connectivity index (χ0) is 15.4. The number of aryl methyl sites for hydroxylation is 1. The normalized spacial score (nSPS) is 14.8. The molecular formula is C14H16ClN3O3. The summed E-state index contributed by atoms with van der Waals surface area (Å²) in [7, 11) is 0. The molecule has 2 rings (SSSR count). The van der Waals surface area contributed by atoms with Gasteiger partial charge in [0.15, 0.2) is 0 Å². The second kappa shape index (κ2) is 6.58. The van der Waals surface area contributed by atoms with Crippen molar-refractivity contribution in [1.29, 1.82) is 0 Å². The molecule has 3 amide bonds. The second-order valence-corrected chi connectivity index (χ2v) is 5.28. The number of rotatable bonds is 2. The Bertz CT molecular complexity index is 569. The van der Waals surface area contributed by atoms with Crippen molar-refractivity contribution >= 4 is 35.5 Å². The number of carbonyl (C=O) groups is 3. The summed E-state index contributed by atoms with van der Waals surface area (Å²) in [6.45, 7) is 3.43. The molecule has 0 spiro atoms. The lowest BCUT2D eigenvalue weighted by molar-refractivity contribution is -0.144. The van der Waals surface area contributed by atoms with Crippen LogP contribution in [0.25, 0.3) is 0 Å². The average Bonchev–Trinajstić information content (AvgIpc) is 2.50. The van der Waals surface area contributed by atoms with Gasteiger partial charge >= 0.3 is 11.8 Å². The van der Waals surface area contributed by atoms with Crippen molar-refractivity contribution in [3.8, 4) is 0 Å². The van der Waals surface area contributed by atoms with Gasteiger partial charge in [-0.15, -0.1) is 0 Å². The van der Waals surface area contributed by atoms with E-state index in [2.05, 4.69) is 5.32 Å². The van der Waals surface area contributed by atoms with E-state index in [9.17, 15) is 14.4 Å². The largest absolute Gasteiger partial charge is 0.342 e. The van der Waals surface area contributed by atoms with Gasteiger partial charge in [-0.3, -0.25) is 14.4 Å². The Labute approximate surface area is 127 Å². The molecule has 7 heteroatoms. The Balaban J connectivity index is 1.98. The molecule has 112 valence electrons. The first-order valence-electron chi connectivity index (χ1n) is 6.57. The van der Waals surface area contributed by atoms with Crippen LogP contribution in [-0.4, -0.2) is 54.2 Å². The number of piperazine rings is 1. The van der Waals surface area contributed by atoms with Crippen LogP contribution in [0.2, 0.25) is 5.02 Å². The summed E-state index contributed by atoms with van der Waals surface area (Å²) in [6, 6.07) is 5.09. The molecule has 0 radical (unpaired) electrons. The van der Waals surface area contributed by atoms with Crippen LogP contribution in [0, 0.1) is 6.92 Å². The predicted molar refractivity (Wildman–Crippen MR) is 79.0 cm³/mol. The quantitative estimate of drug-likeness (QED) is 0.651. The number of amides is 3. The number of anilines is 1. The van der Waals surface area contributed by atoms with Crippen LogP contribution in [0.15, 0.2) is 18.2 Å². The van der Waals surface area contributed by atoms with Gasteiger partial charge in [-0.2, -0.15) is 0 Å².